The van der Waals surface area contributed by atoms with E-state index in [-0.39, 0.29) is 18.2 Å². The normalized spacial score (nSPS) is 19.0. The molecule has 0 saturated carbocycles. The maximum Gasteiger partial charge on any atom is 0.243 e. The zero-order valence-electron chi connectivity index (χ0n) is 13.5. The highest BCUT2D eigenvalue weighted by atomic mass is 32.2. The molecule has 1 heterocycles. The van der Waals surface area contributed by atoms with Gasteiger partial charge in [-0.3, -0.25) is 4.79 Å². The van der Waals surface area contributed by atoms with Crippen molar-refractivity contribution in [2.75, 3.05) is 13.1 Å². The van der Waals surface area contributed by atoms with Crippen molar-refractivity contribution in [3.8, 4) is 0 Å². The second-order valence-electron chi connectivity index (χ2n) is 5.90. The third-order valence-electron chi connectivity index (χ3n) is 4.24. The first-order valence-corrected chi connectivity index (χ1v) is 9.46. The van der Waals surface area contributed by atoms with Crippen LogP contribution in [-0.4, -0.2) is 31.7 Å². The molecule has 126 valence electrons. The standard InChI is InChI=1S/C18H20N2O3S/c1-14-7-5-6-10-16(14)13-24(22,23)20-12-11-19-18(21)17(20)15-8-3-2-4-9-15/h2-10,17H,11-13H2,1H3,(H,19,21). The number of hydrogen-bond acceptors (Lipinski definition) is 3. The van der Waals surface area contributed by atoms with Gasteiger partial charge in [-0.05, 0) is 23.6 Å². The minimum Gasteiger partial charge on any atom is -0.353 e. The summed E-state index contributed by atoms with van der Waals surface area (Å²) in [5.74, 6) is -0.378. The molecule has 1 unspecified atom stereocenters. The monoisotopic (exact) mass is 344 g/mol. The van der Waals surface area contributed by atoms with E-state index in [1.54, 1.807) is 12.1 Å². The number of rotatable bonds is 4. The lowest BCUT2D eigenvalue weighted by Crippen LogP contribution is -2.52. The van der Waals surface area contributed by atoms with Crippen molar-refractivity contribution in [2.24, 2.45) is 0 Å². The van der Waals surface area contributed by atoms with Gasteiger partial charge in [0.05, 0.1) is 5.75 Å². The molecule has 0 radical (unpaired) electrons. The fourth-order valence-electron chi connectivity index (χ4n) is 2.95. The molecule has 1 atom stereocenters. The van der Waals surface area contributed by atoms with Crippen LogP contribution in [0.1, 0.15) is 22.7 Å². The first-order valence-electron chi connectivity index (χ1n) is 7.86. The van der Waals surface area contributed by atoms with Gasteiger partial charge in [-0.15, -0.1) is 0 Å². The Hall–Kier alpha value is -2.18. The molecule has 0 bridgehead atoms. The van der Waals surface area contributed by atoms with Crippen LogP contribution >= 0.6 is 0 Å². The van der Waals surface area contributed by atoms with Crippen molar-refractivity contribution in [3.63, 3.8) is 0 Å². The lowest BCUT2D eigenvalue weighted by Gasteiger charge is -2.34. The van der Waals surface area contributed by atoms with Crippen LogP contribution in [0.2, 0.25) is 0 Å². The SMILES string of the molecule is Cc1ccccc1CS(=O)(=O)N1CCNC(=O)C1c1ccccc1. The topological polar surface area (TPSA) is 66.5 Å². The van der Waals surface area contributed by atoms with E-state index in [2.05, 4.69) is 5.32 Å². The van der Waals surface area contributed by atoms with E-state index in [4.69, 9.17) is 0 Å². The number of benzene rings is 2. The maximum atomic E-state index is 13.0. The van der Waals surface area contributed by atoms with Crippen LogP contribution in [0.5, 0.6) is 0 Å². The first kappa shape index (κ1) is 16.7. The van der Waals surface area contributed by atoms with Crippen molar-refractivity contribution in [1.82, 2.24) is 9.62 Å². The predicted octanol–water partition coefficient (Wildman–Crippen LogP) is 2.00. The molecule has 1 amide bonds. The molecular weight excluding hydrogens is 324 g/mol. The lowest BCUT2D eigenvalue weighted by molar-refractivity contribution is -0.126. The predicted molar refractivity (Wildman–Crippen MR) is 92.7 cm³/mol. The number of aryl methyl sites for hydroxylation is 1. The molecule has 1 fully saturated rings. The number of carbonyl (C=O) groups excluding carboxylic acids is 1. The number of amides is 1. The number of nitrogens with zero attached hydrogens (tertiary/aromatic N) is 1. The van der Waals surface area contributed by atoms with Gasteiger partial charge in [0.15, 0.2) is 0 Å². The van der Waals surface area contributed by atoms with E-state index in [0.29, 0.717) is 12.1 Å². The van der Waals surface area contributed by atoms with Gasteiger partial charge in [-0.25, -0.2) is 8.42 Å². The average molecular weight is 344 g/mol. The second kappa shape index (κ2) is 6.75. The van der Waals surface area contributed by atoms with Gasteiger partial charge >= 0.3 is 0 Å². The lowest BCUT2D eigenvalue weighted by atomic mass is 10.1. The molecule has 0 spiro atoms. The van der Waals surface area contributed by atoms with E-state index in [1.165, 1.54) is 4.31 Å². The van der Waals surface area contributed by atoms with Crippen LogP contribution in [0.3, 0.4) is 0 Å². The molecule has 24 heavy (non-hydrogen) atoms. The fourth-order valence-corrected chi connectivity index (χ4v) is 4.74. The quantitative estimate of drug-likeness (QED) is 0.922. The van der Waals surface area contributed by atoms with Crippen LogP contribution in [0.4, 0.5) is 0 Å². The van der Waals surface area contributed by atoms with Crippen molar-refractivity contribution < 1.29 is 13.2 Å². The van der Waals surface area contributed by atoms with Crippen molar-refractivity contribution in [2.45, 2.75) is 18.7 Å². The Balaban J connectivity index is 1.95. The molecule has 1 aliphatic rings. The smallest absolute Gasteiger partial charge is 0.243 e. The number of hydrogen-bond donors (Lipinski definition) is 1. The number of piperazine rings is 1. The summed E-state index contributed by atoms with van der Waals surface area (Å²) in [6, 6.07) is 15.6. The molecule has 3 rings (SSSR count). The largest absolute Gasteiger partial charge is 0.353 e. The van der Waals surface area contributed by atoms with Crippen LogP contribution in [0.15, 0.2) is 54.6 Å². The molecule has 6 heteroatoms. The van der Waals surface area contributed by atoms with Gasteiger partial charge in [-0.2, -0.15) is 4.31 Å². The number of carbonyl (C=O) groups is 1. The summed E-state index contributed by atoms with van der Waals surface area (Å²) in [6.07, 6.45) is 0. The Morgan fingerprint density at radius 1 is 1.08 bits per heavy atom. The highest BCUT2D eigenvalue weighted by Gasteiger charge is 2.38. The number of nitrogens with one attached hydrogen (secondary N) is 1. The van der Waals surface area contributed by atoms with E-state index >= 15 is 0 Å². The highest BCUT2D eigenvalue weighted by molar-refractivity contribution is 7.88. The van der Waals surface area contributed by atoms with Crippen molar-refractivity contribution >= 4 is 15.9 Å². The summed E-state index contributed by atoms with van der Waals surface area (Å²) >= 11 is 0. The molecule has 0 aromatic heterocycles. The Morgan fingerprint density at radius 2 is 1.75 bits per heavy atom. The first-order chi connectivity index (χ1) is 11.5. The Labute approximate surface area is 142 Å². The van der Waals surface area contributed by atoms with Gasteiger partial charge in [-0.1, -0.05) is 54.6 Å². The third-order valence-corrected chi connectivity index (χ3v) is 6.02. The fraction of sp³-hybridized carbons (Fsp3) is 0.278. The summed E-state index contributed by atoms with van der Waals surface area (Å²) in [6.45, 7) is 2.50. The van der Waals surface area contributed by atoms with Crippen LogP contribution < -0.4 is 5.32 Å². The molecular formula is C18H20N2O3S. The van der Waals surface area contributed by atoms with Gasteiger partial charge in [0.2, 0.25) is 15.9 Å². The van der Waals surface area contributed by atoms with Crippen LogP contribution in [0.25, 0.3) is 0 Å². The van der Waals surface area contributed by atoms with E-state index in [0.717, 1.165) is 11.1 Å². The van der Waals surface area contributed by atoms with Crippen LogP contribution in [-0.2, 0) is 20.6 Å². The summed E-state index contributed by atoms with van der Waals surface area (Å²) in [5, 5.41) is 2.76. The highest BCUT2D eigenvalue weighted by Crippen LogP contribution is 2.28. The van der Waals surface area contributed by atoms with E-state index < -0.39 is 16.1 Å². The van der Waals surface area contributed by atoms with Crippen molar-refractivity contribution in [3.05, 3.63) is 71.3 Å². The second-order valence-corrected chi connectivity index (χ2v) is 7.82. The summed E-state index contributed by atoms with van der Waals surface area (Å²) in [4.78, 5) is 12.4. The zero-order chi connectivity index (χ0) is 17.2. The van der Waals surface area contributed by atoms with Crippen LogP contribution in [0, 0.1) is 6.92 Å². The van der Waals surface area contributed by atoms with E-state index in [1.807, 2.05) is 49.4 Å². The minimum atomic E-state index is -3.62. The van der Waals surface area contributed by atoms with Gasteiger partial charge in [0, 0.05) is 13.1 Å². The molecule has 1 aliphatic heterocycles. The molecule has 1 N–H and O–H groups in total. The molecule has 2 aromatic rings. The average Bonchev–Trinajstić information content (AvgIpc) is 2.57. The zero-order valence-corrected chi connectivity index (χ0v) is 14.3. The Kier molecular flexibility index (Phi) is 4.69. The minimum absolute atomic E-state index is 0.101. The van der Waals surface area contributed by atoms with Gasteiger partial charge in [0.1, 0.15) is 6.04 Å². The molecule has 1 saturated heterocycles. The Morgan fingerprint density at radius 3 is 2.46 bits per heavy atom. The third kappa shape index (κ3) is 3.34. The maximum absolute atomic E-state index is 13.0. The summed E-state index contributed by atoms with van der Waals surface area (Å²) in [7, 11) is -3.62. The van der Waals surface area contributed by atoms with Gasteiger partial charge in [0.25, 0.3) is 0 Å². The van der Waals surface area contributed by atoms with Gasteiger partial charge < -0.3 is 5.32 Å². The summed E-state index contributed by atoms with van der Waals surface area (Å²) in [5.41, 5.74) is 2.37. The van der Waals surface area contributed by atoms with Crippen molar-refractivity contribution in [1.29, 1.82) is 0 Å². The molecule has 5 nitrogen and oxygen atoms in total. The molecule has 0 aliphatic carbocycles. The summed E-state index contributed by atoms with van der Waals surface area (Å²) < 4.78 is 27.3. The Bertz CT molecular complexity index is 834. The van der Waals surface area contributed by atoms with E-state index in [9.17, 15) is 13.2 Å². The number of sulfonamides is 1. The molecule has 2 aromatic carbocycles.